The third-order valence-electron chi connectivity index (χ3n) is 2.92. The number of carbonyl (C=O) groups excluding carboxylic acids is 1. The number of halogens is 1. The molecule has 0 aliphatic carbocycles. The average molecular weight is 326 g/mol. The lowest BCUT2D eigenvalue weighted by Crippen LogP contribution is -3.08. The predicted molar refractivity (Wildman–Crippen MR) is 86.4 cm³/mol. The van der Waals surface area contributed by atoms with Gasteiger partial charge in [-0.1, -0.05) is 17.7 Å². The first-order valence-corrected chi connectivity index (χ1v) is 7.75. The highest BCUT2D eigenvalue weighted by Gasteiger charge is 2.12. The highest BCUT2D eigenvalue weighted by atomic mass is 35.5. The van der Waals surface area contributed by atoms with E-state index < -0.39 is 0 Å². The number of carbonyl (C=O) groups is 1. The highest BCUT2D eigenvalue weighted by molar-refractivity contribution is 7.16. The zero-order valence-corrected chi connectivity index (χ0v) is 13.6. The molecule has 1 unspecified atom stereocenters. The molecule has 0 aliphatic heterocycles. The first-order chi connectivity index (χ1) is 10.1. The summed E-state index contributed by atoms with van der Waals surface area (Å²) in [6.07, 6.45) is 0. The van der Waals surface area contributed by atoms with Crippen molar-refractivity contribution in [2.24, 2.45) is 0 Å². The van der Waals surface area contributed by atoms with Crippen molar-refractivity contribution in [3.05, 3.63) is 45.6 Å². The van der Waals surface area contributed by atoms with Crippen molar-refractivity contribution < 1.29 is 14.4 Å². The van der Waals surface area contributed by atoms with Crippen molar-refractivity contribution >= 4 is 34.5 Å². The maximum atomic E-state index is 12.0. The Bertz CT molecular complexity index is 615. The van der Waals surface area contributed by atoms with Crippen LogP contribution in [0.1, 0.15) is 4.88 Å². The van der Waals surface area contributed by atoms with Crippen LogP contribution >= 0.6 is 22.9 Å². The van der Waals surface area contributed by atoms with Crippen molar-refractivity contribution in [3.63, 3.8) is 0 Å². The molecule has 1 heterocycles. The molecule has 0 bridgehead atoms. The minimum absolute atomic E-state index is 0.0246. The van der Waals surface area contributed by atoms with Gasteiger partial charge in [-0.05, 0) is 24.3 Å². The molecule has 1 atom stereocenters. The molecule has 6 heteroatoms. The Morgan fingerprint density at radius 2 is 2.19 bits per heavy atom. The first kappa shape index (κ1) is 15.8. The quantitative estimate of drug-likeness (QED) is 0.854. The SMILES string of the molecule is COc1cccc(NC(=O)C[NH+](C)Cc2ccc(Cl)s2)c1. The Kier molecular flexibility index (Phi) is 5.61. The number of nitrogens with one attached hydrogen (secondary N) is 2. The normalized spacial score (nSPS) is 12.0. The lowest BCUT2D eigenvalue weighted by atomic mass is 10.3. The van der Waals surface area contributed by atoms with E-state index in [9.17, 15) is 4.79 Å². The van der Waals surface area contributed by atoms with Gasteiger partial charge in [0.15, 0.2) is 6.54 Å². The van der Waals surface area contributed by atoms with Gasteiger partial charge in [0.2, 0.25) is 0 Å². The second-order valence-electron chi connectivity index (χ2n) is 4.80. The number of anilines is 1. The predicted octanol–water partition coefficient (Wildman–Crippen LogP) is 2.06. The monoisotopic (exact) mass is 325 g/mol. The molecule has 112 valence electrons. The Morgan fingerprint density at radius 1 is 1.38 bits per heavy atom. The summed E-state index contributed by atoms with van der Waals surface area (Å²) in [5.41, 5.74) is 0.742. The van der Waals surface area contributed by atoms with Gasteiger partial charge in [-0.2, -0.15) is 0 Å². The van der Waals surface area contributed by atoms with Crippen LogP contribution in [0, 0.1) is 0 Å². The maximum absolute atomic E-state index is 12.0. The molecule has 1 aromatic heterocycles. The summed E-state index contributed by atoms with van der Waals surface area (Å²) in [6, 6.07) is 11.2. The summed E-state index contributed by atoms with van der Waals surface area (Å²) >= 11 is 7.45. The molecule has 2 rings (SSSR count). The van der Waals surface area contributed by atoms with Crippen molar-refractivity contribution in [1.82, 2.24) is 0 Å². The number of ether oxygens (including phenoxy) is 1. The third kappa shape index (κ3) is 5.04. The van der Waals surface area contributed by atoms with Gasteiger partial charge in [0.1, 0.15) is 12.3 Å². The van der Waals surface area contributed by atoms with Crippen LogP contribution in [0.15, 0.2) is 36.4 Å². The van der Waals surface area contributed by atoms with Crippen LogP contribution in [0.2, 0.25) is 4.34 Å². The van der Waals surface area contributed by atoms with E-state index in [1.807, 2.05) is 37.4 Å². The van der Waals surface area contributed by atoms with Crippen molar-refractivity contribution in [2.45, 2.75) is 6.54 Å². The molecule has 0 fully saturated rings. The van der Waals surface area contributed by atoms with Gasteiger partial charge in [0.05, 0.1) is 23.4 Å². The van der Waals surface area contributed by atoms with E-state index >= 15 is 0 Å². The second kappa shape index (κ2) is 7.45. The van der Waals surface area contributed by atoms with Gasteiger partial charge < -0.3 is 15.0 Å². The largest absolute Gasteiger partial charge is 0.497 e. The van der Waals surface area contributed by atoms with E-state index in [2.05, 4.69) is 5.32 Å². The molecule has 1 aromatic carbocycles. The van der Waals surface area contributed by atoms with Gasteiger partial charge in [-0.15, -0.1) is 11.3 Å². The van der Waals surface area contributed by atoms with Crippen LogP contribution in [-0.2, 0) is 11.3 Å². The Balaban J connectivity index is 1.85. The Morgan fingerprint density at radius 3 is 2.86 bits per heavy atom. The zero-order valence-electron chi connectivity index (χ0n) is 12.0. The molecule has 1 amide bonds. The molecule has 21 heavy (non-hydrogen) atoms. The van der Waals surface area contributed by atoms with Crippen molar-refractivity contribution in [2.75, 3.05) is 26.0 Å². The summed E-state index contributed by atoms with van der Waals surface area (Å²) in [4.78, 5) is 14.3. The van der Waals surface area contributed by atoms with E-state index in [1.54, 1.807) is 24.5 Å². The zero-order chi connectivity index (χ0) is 15.2. The molecule has 2 N–H and O–H groups in total. The summed E-state index contributed by atoms with van der Waals surface area (Å²) in [5.74, 6) is 0.699. The summed E-state index contributed by atoms with van der Waals surface area (Å²) < 4.78 is 5.91. The molecule has 4 nitrogen and oxygen atoms in total. The van der Waals surface area contributed by atoms with Gasteiger partial charge in [0, 0.05) is 11.8 Å². The van der Waals surface area contributed by atoms with E-state index in [4.69, 9.17) is 16.3 Å². The van der Waals surface area contributed by atoms with Crippen LogP contribution in [-0.4, -0.2) is 26.6 Å². The minimum atomic E-state index is -0.0246. The molecule has 0 saturated heterocycles. The van der Waals surface area contributed by atoms with E-state index in [0.717, 1.165) is 27.2 Å². The lowest BCUT2D eigenvalue weighted by molar-refractivity contribution is -0.884. The van der Waals surface area contributed by atoms with Crippen LogP contribution in [0.25, 0.3) is 0 Å². The van der Waals surface area contributed by atoms with Gasteiger partial charge in [0.25, 0.3) is 5.91 Å². The fourth-order valence-electron chi connectivity index (χ4n) is 1.99. The van der Waals surface area contributed by atoms with Crippen molar-refractivity contribution in [3.8, 4) is 5.75 Å². The number of methoxy groups -OCH3 is 1. The van der Waals surface area contributed by atoms with Gasteiger partial charge in [-0.25, -0.2) is 0 Å². The summed E-state index contributed by atoms with van der Waals surface area (Å²) in [6.45, 7) is 1.18. The van der Waals surface area contributed by atoms with Crippen molar-refractivity contribution in [1.29, 1.82) is 0 Å². The van der Waals surface area contributed by atoms with E-state index in [1.165, 1.54) is 4.88 Å². The van der Waals surface area contributed by atoms with Gasteiger partial charge >= 0.3 is 0 Å². The number of hydrogen-bond acceptors (Lipinski definition) is 3. The molecule has 0 spiro atoms. The average Bonchev–Trinajstić information content (AvgIpc) is 2.83. The van der Waals surface area contributed by atoms with Crippen LogP contribution < -0.4 is 15.0 Å². The molecule has 2 aromatic rings. The van der Waals surface area contributed by atoms with Crippen LogP contribution in [0.3, 0.4) is 0 Å². The number of thiophene rings is 1. The molecule has 0 aliphatic rings. The Hall–Kier alpha value is -1.56. The lowest BCUT2D eigenvalue weighted by Gasteiger charge is -2.13. The minimum Gasteiger partial charge on any atom is -0.497 e. The first-order valence-electron chi connectivity index (χ1n) is 6.56. The van der Waals surface area contributed by atoms with E-state index in [-0.39, 0.29) is 5.91 Å². The maximum Gasteiger partial charge on any atom is 0.279 e. The van der Waals surface area contributed by atoms with Crippen LogP contribution in [0.4, 0.5) is 5.69 Å². The number of hydrogen-bond donors (Lipinski definition) is 2. The number of likely N-dealkylation sites (N-methyl/N-ethyl adjacent to an activating group) is 1. The number of amides is 1. The molecule has 0 saturated carbocycles. The molecular formula is C15H18ClN2O2S+. The molecule has 0 radical (unpaired) electrons. The topological polar surface area (TPSA) is 42.8 Å². The fraction of sp³-hybridized carbons (Fsp3) is 0.267. The fourth-order valence-corrected chi connectivity index (χ4v) is 3.19. The molecular weight excluding hydrogens is 308 g/mol. The van der Waals surface area contributed by atoms with E-state index in [0.29, 0.717) is 6.54 Å². The highest BCUT2D eigenvalue weighted by Crippen LogP contribution is 2.20. The number of quaternary nitrogens is 1. The van der Waals surface area contributed by atoms with Gasteiger partial charge in [-0.3, -0.25) is 4.79 Å². The third-order valence-corrected chi connectivity index (χ3v) is 4.15. The standard InChI is InChI=1S/C15H17ClN2O2S/c1-18(9-13-6-7-14(16)21-13)10-15(19)17-11-4-3-5-12(8-11)20-2/h3-8H,9-10H2,1-2H3,(H,17,19)/p+1. The number of rotatable bonds is 6. The Labute approximate surface area is 133 Å². The summed E-state index contributed by atoms with van der Waals surface area (Å²) in [5, 5.41) is 2.88. The smallest absolute Gasteiger partial charge is 0.279 e. The second-order valence-corrected chi connectivity index (χ2v) is 6.60. The van der Waals surface area contributed by atoms with Crippen LogP contribution in [0.5, 0.6) is 5.75 Å². The summed E-state index contributed by atoms with van der Waals surface area (Å²) in [7, 11) is 3.59. The number of benzene rings is 1.